The molecule has 1 unspecified atom stereocenters. The number of rotatable bonds is 3. The second kappa shape index (κ2) is 6.37. The van der Waals surface area contributed by atoms with E-state index in [1.165, 1.54) is 0 Å². The highest BCUT2D eigenvalue weighted by molar-refractivity contribution is 5.52. The minimum Gasteiger partial charge on any atom is -0.506 e. The fraction of sp³-hybridized carbons (Fsp3) is 0.529. The molecule has 6 heteroatoms. The molecular weight excluding hydrogens is 290 g/mol. The van der Waals surface area contributed by atoms with Crippen molar-refractivity contribution in [3.05, 3.63) is 34.9 Å². The number of hydrogen-bond donors (Lipinski definition) is 2. The van der Waals surface area contributed by atoms with Crippen LogP contribution in [0.4, 0.5) is 5.82 Å². The summed E-state index contributed by atoms with van der Waals surface area (Å²) < 4.78 is 0. The number of aliphatic hydroxyl groups is 1. The highest BCUT2D eigenvalue weighted by atomic mass is 16.3. The smallest absolute Gasteiger partial charge is 0.213 e. The van der Waals surface area contributed by atoms with E-state index in [1.54, 1.807) is 6.08 Å². The van der Waals surface area contributed by atoms with Crippen molar-refractivity contribution in [3.8, 4) is 6.07 Å². The molecule has 1 aromatic heterocycles. The molecule has 1 aliphatic carbocycles. The first-order valence-corrected chi connectivity index (χ1v) is 7.76. The Bertz CT molecular complexity index is 710. The van der Waals surface area contributed by atoms with E-state index in [4.69, 9.17) is 0 Å². The van der Waals surface area contributed by atoms with Gasteiger partial charge in [0.2, 0.25) is 5.82 Å². The molecule has 0 amide bonds. The standard InChI is InChI=1S/C17H23N5O/c1-10(2)11-6-7-14(23)13(8-11)19-21-16-12(9-18)15(20-22-16)17(3,4)5/h7-8,10-11,23H,6H2,1-5H3,(H,20,22). The predicted octanol–water partition coefficient (Wildman–Crippen LogP) is 4.66. The number of aliphatic hydroxyl groups excluding tert-OH is 1. The van der Waals surface area contributed by atoms with Gasteiger partial charge in [0.05, 0.1) is 5.69 Å². The summed E-state index contributed by atoms with van der Waals surface area (Å²) in [6, 6.07) is 2.13. The van der Waals surface area contributed by atoms with Crippen molar-refractivity contribution < 1.29 is 5.11 Å². The first-order chi connectivity index (χ1) is 10.7. The summed E-state index contributed by atoms with van der Waals surface area (Å²) in [5.41, 5.74) is 1.31. The quantitative estimate of drug-likeness (QED) is 0.794. The van der Waals surface area contributed by atoms with E-state index >= 15 is 0 Å². The molecule has 0 aromatic carbocycles. The molecule has 0 spiro atoms. The Labute approximate surface area is 136 Å². The lowest BCUT2D eigenvalue weighted by atomic mass is 9.88. The predicted molar refractivity (Wildman–Crippen MR) is 88.3 cm³/mol. The summed E-state index contributed by atoms with van der Waals surface area (Å²) in [4.78, 5) is 0. The van der Waals surface area contributed by atoms with Crippen LogP contribution in [0, 0.1) is 23.2 Å². The van der Waals surface area contributed by atoms with Gasteiger partial charge in [0.1, 0.15) is 23.1 Å². The van der Waals surface area contributed by atoms with Gasteiger partial charge in [0.25, 0.3) is 0 Å². The number of nitriles is 1. The number of allylic oxidation sites excluding steroid dienone is 2. The third-order valence-electron chi connectivity index (χ3n) is 3.94. The van der Waals surface area contributed by atoms with E-state index in [0.717, 1.165) is 12.1 Å². The van der Waals surface area contributed by atoms with Gasteiger partial charge in [-0.2, -0.15) is 10.4 Å². The van der Waals surface area contributed by atoms with E-state index in [-0.39, 0.29) is 17.0 Å². The van der Waals surface area contributed by atoms with Crippen molar-refractivity contribution in [1.29, 1.82) is 5.26 Å². The summed E-state index contributed by atoms with van der Waals surface area (Å²) in [6.07, 6.45) is 4.48. The number of aromatic nitrogens is 2. The molecule has 0 fully saturated rings. The minimum absolute atomic E-state index is 0.121. The second-order valence-electron chi connectivity index (χ2n) is 7.14. The average molecular weight is 313 g/mol. The molecule has 122 valence electrons. The molecule has 0 bridgehead atoms. The van der Waals surface area contributed by atoms with E-state index < -0.39 is 0 Å². The lowest BCUT2D eigenvalue weighted by molar-refractivity contribution is 0.391. The molecule has 2 N–H and O–H groups in total. The highest BCUT2D eigenvalue weighted by Gasteiger charge is 2.24. The van der Waals surface area contributed by atoms with Crippen molar-refractivity contribution >= 4 is 5.82 Å². The monoisotopic (exact) mass is 313 g/mol. The molecule has 1 heterocycles. The largest absolute Gasteiger partial charge is 0.506 e. The maximum Gasteiger partial charge on any atom is 0.213 e. The van der Waals surface area contributed by atoms with E-state index in [1.807, 2.05) is 26.8 Å². The Morgan fingerprint density at radius 3 is 2.65 bits per heavy atom. The molecule has 0 saturated carbocycles. The van der Waals surface area contributed by atoms with Gasteiger partial charge >= 0.3 is 0 Å². The molecule has 2 rings (SSSR count). The number of azo groups is 1. The van der Waals surface area contributed by atoms with Crippen molar-refractivity contribution in [2.24, 2.45) is 22.1 Å². The van der Waals surface area contributed by atoms with Crippen LogP contribution in [-0.4, -0.2) is 15.3 Å². The third-order valence-corrected chi connectivity index (χ3v) is 3.94. The number of aromatic amines is 1. The second-order valence-corrected chi connectivity index (χ2v) is 7.14. The number of H-pyrrole nitrogens is 1. The molecule has 0 radical (unpaired) electrons. The lowest BCUT2D eigenvalue weighted by Crippen LogP contribution is -2.13. The van der Waals surface area contributed by atoms with Crippen molar-refractivity contribution in [2.45, 2.75) is 46.5 Å². The molecule has 1 aromatic rings. The molecule has 1 aliphatic rings. The molecule has 1 atom stereocenters. The molecule has 23 heavy (non-hydrogen) atoms. The summed E-state index contributed by atoms with van der Waals surface area (Å²) in [7, 11) is 0. The normalized spacial score (nSPS) is 18.9. The Kier molecular flexibility index (Phi) is 4.69. The Balaban J connectivity index is 2.32. The van der Waals surface area contributed by atoms with Crippen LogP contribution < -0.4 is 0 Å². The van der Waals surface area contributed by atoms with Crippen molar-refractivity contribution in [3.63, 3.8) is 0 Å². The summed E-state index contributed by atoms with van der Waals surface area (Å²) in [5.74, 6) is 1.14. The maximum atomic E-state index is 9.95. The SMILES string of the molecule is CC(C)C1C=C(N=Nc2n[nH]c(C(C)(C)C)c2C#N)C(O)=CC1. The van der Waals surface area contributed by atoms with Crippen LogP contribution in [0.25, 0.3) is 0 Å². The first kappa shape index (κ1) is 16.9. The van der Waals surface area contributed by atoms with Gasteiger partial charge in [-0.15, -0.1) is 10.2 Å². The first-order valence-electron chi connectivity index (χ1n) is 7.76. The summed E-state index contributed by atoms with van der Waals surface area (Å²) in [6.45, 7) is 10.2. The van der Waals surface area contributed by atoms with Crippen molar-refractivity contribution in [2.75, 3.05) is 0 Å². The zero-order valence-corrected chi connectivity index (χ0v) is 14.3. The van der Waals surface area contributed by atoms with Crippen LogP contribution in [0.1, 0.15) is 52.3 Å². The van der Waals surface area contributed by atoms with Crippen LogP contribution >= 0.6 is 0 Å². The van der Waals surface area contributed by atoms with E-state index in [0.29, 0.717) is 23.1 Å². The molecular formula is C17H23N5O. The summed E-state index contributed by atoms with van der Waals surface area (Å²) >= 11 is 0. The molecule has 0 aliphatic heterocycles. The molecule has 6 nitrogen and oxygen atoms in total. The number of nitrogens with zero attached hydrogens (tertiary/aromatic N) is 4. The van der Waals surface area contributed by atoms with Crippen LogP contribution in [0.2, 0.25) is 0 Å². The Hall–Kier alpha value is -2.42. The average Bonchev–Trinajstić information content (AvgIpc) is 2.89. The van der Waals surface area contributed by atoms with E-state index in [2.05, 4.69) is 40.3 Å². The van der Waals surface area contributed by atoms with Crippen LogP contribution in [0.15, 0.2) is 33.8 Å². The molecule has 0 saturated heterocycles. The number of hydrogen-bond acceptors (Lipinski definition) is 5. The minimum atomic E-state index is -0.235. The fourth-order valence-electron chi connectivity index (χ4n) is 2.41. The van der Waals surface area contributed by atoms with Gasteiger partial charge in [-0.05, 0) is 30.4 Å². The zero-order valence-electron chi connectivity index (χ0n) is 14.3. The van der Waals surface area contributed by atoms with Gasteiger partial charge in [-0.3, -0.25) is 5.10 Å². The van der Waals surface area contributed by atoms with Crippen molar-refractivity contribution in [1.82, 2.24) is 10.2 Å². The lowest BCUT2D eigenvalue weighted by Gasteiger charge is -2.19. The van der Waals surface area contributed by atoms with Crippen LogP contribution in [0.3, 0.4) is 0 Å². The van der Waals surface area contributed by atoms with Gasteiger partial charge < -0.3 is 5.11 Å². The topological polar surface area (TPSA) is 97.4 Å². The van der Waals surface area contributed by atoms with Gasteiger partial charge in [-0.25, -0.2) is 0 Å². The maximum absolute atomic E-state index is 9.95. The van der Waals surface area contributed by atoms with Crippen LogP contribution in [0.5, 0.6) is 0 Å². The third kappa shape index (κ3) is 3.67. The Morgan fingerprint density at radius 2 is 2.09 bits per heavy atom. The summed E-state index contributed by atoms with van der Waals surface area (Å²) in [5, 5.41) is 34.4. The zero-order chi connectivity index (χ0) is 17.2. The number of nitrogens with one attached hydrogen (secondary N) is 1. The van der Waals surface area contributed by atoms with Gasteiger partial charge in [-0.1, -0.05) is 34.6 Å². The fourth-order valence-corrected chi connectivity index (χ4v) is 2.41. The highest BCUT2D eigenvalue weighted by Crippen LogP contribution is 2.31. The van der Waals surface area contributed by atoms with Gasteiger partial charge in [0, 0.05) is 5.41 Å². The Morgan fingerprint density at radius 1 is 1.39 bits per heavy atom. The van der Waals surface area contributed by atoms with Crippen LogP contribution in [-0.2, 0) is 5.41 Å². The van der Waals surface area contributed by atoms with Gasteiger partial charge in [0.15, 0.2) is 0 Å². The van der Waals surface area contributed by atoms with E-state index in [9.17, 15) is 10.4 Å².